The number of benzene rings is 2. The molecule has 0 saturated carbocycles. The van der Waals surface area contributed by atoms with Crippen LogP contribution in [0.1, 0.15) is 10.4 Å². The van der Waals surface area contributed by atoms with Crippen molar-refractivity contribution in [1.29, 1.82) is 0 Å². The van der Waals surface area contributed by atoms with Crippen LogP contribution in [0, 0.1) is 5.82 Å². The van der Waals surface area contributed by atoms with Crippen molar-refractivity contribution in [3.8, 4) is 11.1 Å². The zero-order valence-corrected chi connectivity index (χ0v) is 9.04. The first-order chi connectivity index (χ1) is 7.72. The smallest absolute Gasteiger partial charge is 0.150 e. The summed E-state index contributed by atoms with van der Waals surface area (Å²) < 4.78 is 13.5. The SMILES string of the molecule is O=Cc1cc(Cl)ccc1-c1ccccc1F. The molecule has 0 heterocycles. The fourth-order valence-corrected chi connectivity index (χ4v) is 1.74. The summed E-state index contributed by atoms with van der Waals surface area (Å²) in [5.41, 5.74) is 1.34. The van der Waals surface area contributed by atoms with Gasteiger partial charge >= 0.3 is 0 Å². The van der Waals surface area contributed by atoms with Crippen molar-refractivity contribution in [2.24, 2.45) is 0 Å². The molecule has 16 heavy (non-hydrogen) atoms. The van der Waals surface area contributed by atoms with Gasteiger partial charge in [0.15, 0.2) is 6.29 Å². The molecule has 0 radical (unpaired) electrons. The molecule has 0 saturated heterocycles. The van der Waals surface area contributed by atoms with Crippen LogP contribution in [0.4, 0.5) is 4.39 Å². The summed E-state index contributed by atoms with van der Waals surface area (Å²) in [5, 5.41) is 0.460. The Morgan fingerprint density at radius 1 is 1.06 bits per heavy atom. The predicted molar refractivity (Wildman–Crippen MR) is 62.2 cm³/mol. The third-order valence-corrected chi connectivity index (χ3v) is 2.54. The first-order valence-electron chi connectivity index (χ1n) is 4.72. The highest BCUT2D eigenvalue weighted by Crippen LogP contribution is 2.27. The highest BCUT2D eigenvalue weighted by Gasteiger charge is 2.08. The number of hydrogen-bond acceptors (Lipinski definition) is 1. The van der Waals surface area contributed by atoms with Crippen molar-refractivity contribution in [1.82, 2.24) is 0 Å². The molecule has 0 aliphatic carbocycles. The highest BCUT2D eigenvalue weighted by atomic mass is 35.5. The molecule has 2 aromatic rings. The molecule has 2 rings (SSSR count). The van der Waals surface area contributed by atoms with Gasteiger partial charge in [-0.05, 0) is 23.8 Å². The van der Waals surface area contributed by atoms with Crippen molar-refractivity contribution in [3.63, 3.8) is 0 Å². The van der Waals surface area contributed by atoms with Gasteiger partial charge in [0.2, 0.25) is 0 Å². The van der Waals surface area contributed by atoms with Crippen LogP contribution in [0.2, 0.25) is 5.02 Å². The molecule has 0 aliphatic heterocycles. The minimum absolute atomic E-state index is 0.354. The summed E-state index contributed by atoms with van der Waals surface area (Å²) in [6.45, 7) is 0. The van der Waals surface area contributed by atoms with Crippen LogP contribution < -0.4 is 0 Å². The molecule has 3 heteroatoms. The maximum atomic E-state index is 13.5. The zero-order chi connectivity index (χ0) is 11.5. The van der Waals surface area contributed by atoms with Crippen molar-refractivity contribution >= 4 is 17.9 Å². The average molecular weight is 235 g/mol. The molecule has 0 spiro atoms. The molecule has 1 nitrogen and oxygen atoms in total. The van der Waals surface area contributed by atoms with Gasteiger partial charge in [-0.15, -0.1) is 0 Å². The Morgan fingerprint density at radius 3 is 2.50 bits per heavy atom. The predicted octanol–water partition coefficient (Wildman–Crippen LogP) is 3.96. The van der Waals surface area contributed by atoms with E-state index >= 15 is 0 Å². The maximum Gasteiger partial charge on any atom is 0.150 e. The van der Waals surface area contributed by atoms with E-state index in [9.17, 15) is 9.18 Å². The van der Waals surface area contributed by atoms with Gasteiger partial charge in [0.25, 0.3) is 0 Å². The first-order valence-corrected chi connectivity index (χ1v) is 5.10. The minimum atomic E-state index is -0.354. The van der Waals surface area contributed by atoms with E-state index in [0.717, 1.165) is 0 Å². The molecular formula is C13H8ClFO. The Morgan fingerprint density at radius 2 is 1.81 bits per heavy atom. The normalized spacial score (nSPS) is 10.1. The molecule has 0 fully saturated rings. The summed E-state index contributed by atoms with van der Waals surface area (Å²) in [7, 11) is 0. The van der Waals surface area contributed by atoms with E-state index in [1.807, 2.05) is 0 Å². The Labute approximate surface area is 97.5 Å². The van der Waals surface area contributed by atoms with Crippen LogP contribution in [0.3, 0.4) is 0 Å². The molecule has 2 aromatic carbocycles. The van der Waals surface area contributed by atoms with Crippen LogP contribution in [0.25, 0.3) is 11.1 Å². The lowest BCUT2D eigenvalue weighted by atomic mass is 10.00. The Kier molecular flexibility index (Phi) is 3.02. The van der Waals surface area contributed by atoms with Gasteiger partial charge in [-0.1, -0.05) is 35.9 Å². The third-order valence-electron chi connectivity index (χ3n) is 2.30. The minimum Gasteiger partial charge on any atom is -0.298 e. The van der Waals surface area contributed by atoms with E-state index in [2.05, 4.69) is 0 Å². The summed E-state index contributed by atoms with van der Waals surface area (Å²) in [6.07, 6.45) is 0.674. The maximum absolute atomic E-state index is 13.5. The van der Waals surface area contributed by atoms with Gasteiger partial charge in [0, 0.05) is 16.1 Å². The van der Waals surface area contributed by atoms with E-state index in [0.29, 0.717) is 28.0 Å². The Hall–Kier alpha value is -1.67. The van der Waals surface area contributed by atoms with E-state index in [1.54, 1.807) is 30.3 Å². The summed E-state index contributed by atoms with van der Waals surface area (Å²) in [5.74, 6) is -0.354. The lowest BCUT2D eigenvalue weighted by Crippen LogP contribution is -1.90. The zero-order valence-electron chi connectivity index (χ0n) is 8.28. The van der Waals surface area contributed by atoms with Gasteiger partial charge < -0.3 is 0 Å². The number of aldehydes is 1. The van der Waals surface area contributed by atoms with E-state index < -0.39 is 0 Å². The van der Waals surface area contributed by atoms with Gasteiger partial charge in [-0.2, -0.15) is 0 Å². The summed E-state index contributed by atoms with van der Waals surface area (Å²) in [6, 6.07) is 11.1. The third kappa shape index (κ3) is 1.97. The monoisotopic (exact) mass is 234 g/mol. The van der Waals surface area contributed by atoms with Crippen molar-refractivity contribution in [3.05, 3.63) is 58.9 Å². The van der Waals surface area contributed by atoms with Gasteiger partial charge in [0.05, 0.1) is 0 Å². The molecule has 80 valence electrons. The van der Waals surface area contributed by atoms with Crippen LogP contribution >= 0.6 is 11.6 Å². The van der Waals surface area contributed by atoms with Crippen LogP contribution in [0.5, 0.6) is 0 Å². The quantitative estimate of drug-likeness (QED) is 0.719. The molecule has 0 N–H and O–H groups in total. The topological polar surface area (TPSA) is 17.1 Å². The lowest BCUT2D eigenvalue weighted by molar-refractivity contribution is 0.112. The fraction of sp³-hybridized carbons (Fsp3) is 0. The molecular weight excluding hydrogens is 227 g/mol. The first kappa shape index (κ1) is 10.8. The Balaban J connectivity index is 2.65. The molecule has 0 amide bonds. The largest absolute Gasteiger partial charge is 0.298 e. The molecule has 0 bridgehead atoms. The molecule has 0 unspecified atom stereocenters. The second kappa shape index (κ2) is 4.45. The second-order valence-electron chi connectivity index (χ2n) is 3.33. The Bertz CT molecular complexity index is 537. The van der Waals surface area contributed by atoms with Gasteiger partial charge in [-0.3, -0.25) is 4.79 Å². The molecule has 0 aromatic heterocycles. The van der Waals surface area contributed by atoms with E-state index in [4.69, 9.17) is 11.6 Å². The number of halogens is 2. The van der Waals surface area contributed by atoms with Crippen molar-refractivity contribution in [2.45, 2.75) is 0 Å². The lowest BCUT2D eigenvalue weighted by Gasteiger charge is -2.06. The second-order valence-corrected chi connectivity index (χ2v) is 3.77. The highest BCUT2D eigenvalue weighted by molar-refractivity contribution is 6.31. The number of carbonyl (C=O) groups excluding carboxylic acids is 1. The fourth-order valence-electron chi connectivity index (χ4n) is 1.56. The molecule has 0 atom stereocenters. The summed E-state index contributed by atoms with van der Waals surface area (Å²) in [4.78, 5) is 10.9. The van der Waals surface area contributed by atoms with E-state index in [-0.39, 0.29) is 5.82 Å². The van der Waals surface area contributed by atoms with E-state index in [1.165, 1.54) is 12.1 Å². The van der Waals surface area contributed by atoms with Gasteiger partial charge in [-0.25, -0.2) is 4.39 Å². The molecule has 0 aliphatic rings. The van der Waals surface area contributed by atoms with Crippen LogP contribution in [-0.4, -0.2) is 6.29 Å². The van der Waals surface area contributed by atoms with Crippen molar-refractivity contribution < 1.29 is 9.18 Å². The van der Waals surface area contributed by atoms with Crippen LogP contribution in [-0.2, 0) is 0 Å². The number of rotatable bonds is 2. The van der Waals surface area contributed by atoms with Crippen LogP contribution in [0.15, 0.2) is 42.5 Å². The number of hydrogen-bond donors (Lipinski definition) is 0. The van der Waals surface area contributed by atoms with Crippen molar-refractivity contribution in [2.75, 3.05) is 0 Å². The average Bonchev–Trinajstić information content (AvgIpc) is 2.30. The number of carbonyl (C=O) groups is 1. The summed E-state index contributed by atoms with van der Waals surface area (Å²) >= 11 is 5.77. The standard InChI is InChI=1S/C13H8ClFO/c14-10-5-6-11(9(7-10)8-16)12-3-1-2-4-13(12)15/h1-8H. The van der Waals surface area contributed by atoms with Gasteiger partial charge in [0.1, 0.15) is 5.82 Å².